The first-order valence-corrected chi connectivity index (χ1v) is 8.86. The predicted octanol–water partition coefficient (Wildman–Crippen LogP) is 3.07. The monoisotopic (exact) mass is 379 g/mol. The molecule has 0 fully saturated rings. The second kappa shape index (κ2) is 8.26. The number of rotatable bonds is 6. The van der Waals surface area contributed by atoms with E-state index in [9.17, 15) is 4.79 Å². The highest BCUT2D eigenvalue weighted by Crippen LogP contribution is 2.41. The number of nitrogens with one attached hydrogen (secondary N) is 1. The number of alkyl halides is 1. The average Bonchev–Trinajstić information content (AvgIpc) is 2.83. The summed E-state index contributed by atoms with van der Waals surface area (Å²) in [5.74, 6) is 7.36. The summed E-state index contributed by atoms with van der Waals surface area (Å²) in [6.45, 7) is 4.75. The fourth-order valence-electron chi connectivity index (χ4n) is 2.39. The van der Waals surface area contributed by atoms with Crippen LogP contribution in [0.1, 0.15) is 32.3 Å². The van der Waals surface area contributed by atoms with Crippen LogP contribution in [0.5, 0.6) is 11.5 Å². The van der Waals surface area contributed by atoms with Gasteiger partial charge in [0.25, 0.3) is 0 Å². The van der Waals surface area contributed by atoms with E-state index in [4.69, 9.17) is 9.47 Å². The number of carbonyl (C=O) groups excluding carboxylic acids is 1. The molecule has 0 aliphatic carbocycles. The minimum Gasteiger partial charge on any atom is -0.483 e. The number of fused-ring (bicyclic) bond motifs is 1. The van der Waals surface area contributed by atoms with Crippen molar-refractivity contribution in [3.63, 3.8) is 0 Å². The summed E-state index contributed by atoms with van der Waals surface area (Å²) in [5.41, 5.74) is 0.979. The Kier molecular flexibility index (Phi) is 6.35. The van der Waals surface area contributed by atoms with Gasteiger partial charge >= 0.3 is 0 Å². The first-order chi connectivity index (χ1) is 11.0. The third kappa shape index (κ3) is 5.47. The van der Waals surface area contributed by atoms with Gasteiger partial charge in [0, 0.05) is 23.7 Å². The third-order valence-electron chi connectivity index (χ3n) is 3.39. The molecule has 4 nitrogen and oxygen atoms in total. The minimum atomic E-state index is -0.188. The van der Waals surface area contributed by atoms with Crippen molar-refractivity contribution in [3.8, 4) is 23.3 Å². The lowest BCUT2D eigenvalue weighted by atomic mass is 10.0. The van der Waals surface area contributed by atoms with Crippen LogP contribution in [0.3, 0.4) is 0 Å². The Morgan fingerprint density at radius 3 is 3.04 bits per heavy atom. The van der Waals surface area contributed by atoms with Gasteiger partial charge in [0.05, 0.1) is 6.54 Å². The van der Waals surface area contributed by atoms with Gasteiger partial charge in [-0.1, -0.05) is 39.9 Å². The number of carbonyl (C=O) groups is 1. The Labute approximate surface area is 146 Å². The Morgan fingerprint density at radius 2 is 2.26 bits per heavy atom. The zero-order chi connectivity index (χ0) is 16.7. The molecule has 0 aromatic heterocycles. The van der Waals surface area contributed by atoms with Crippen molar-refractivity contribution in [2.24, 2.45) is 0 Å². The maximum absolute atomic E-state index is 11.4. The Bertz CT molecular complexity index is 616. The fraction of sp³-hybridized carbons (Fsp3) is 0.500. The Hall–Kier alpha value is -1.67. The Balaban J connectivity index is 1.77. The van der Waals surface area contributed by atoms with Crippen molar-refractivity contribution in [2.75, 3.05) is 18.5 Å². The molecule has 0 saturated carbocycles. The molecule has 0 atom stereocenters. The van der Waals surface area contributed by atoms with E-state index >= 15 is 0 Å². The molecule has 0 unspecified atom stereocenters. The summed E-state index contributed by atoms with van der Waals surface area (Å²) in [5, 5.41) is 3.59. The highest BCUT2D eigenvalue weighted by Gasteiger charge is 2.32. The van der Waals surface area contributed by atoms with Crippen molar-refractivity contribution in [3.05, 3.63) is 23.8 Å². The summed E-state index contributed by atoms with van der Waals surface area (Å²) in [6.07, 6.45) is 2.23. The zero-order valence-corrected chi connectivity index (χ0v) is 15.2. The van der Waals surface area contributed by atoms with E-state index in [2.05, 4.69) is 53.0 Å². The van der Waals surface area contributed by atoms with E-state index in [1.807, 2.05) is 12.1 Å². The Morgan fingerprint density at radius 1 is 1.43 bits per heavy atom. The number of benzene rings is 1. The first kappa shape index (κ1) is 17.7. The van der Waals surface area contributed by atoms with Gasteiger partial charge in [0.1, 0.15) is 12.2 Å². The highest BCUT2D eigenvalue weighted by atomic mass is 79.9. The summed E-state index contributed by atoms with van der Waals surface area (Å²) >= 11 is 3.30. The van der Waals surface area contributed by atoms with Gasteiger partial charge in [0.15, 0.2) is 11.5 Å². The van der Waals surface area contributed by atoms with E-state index < -0.39 is 0 Å². The van der Waals surface area contributed by atoms with Crippen LogP contribution < -0.4 is 14.8 Å². The van der Waals surface area contributed by atoms with Gasteiger partial charge in [-0.2, -0.15) is 0 Å². The number of halogens is 1. The smallest absolute Gasteiger partial charge is 0.220 e. The number of hydrogen-bond donors (Lipinski definition) is 1. The maximum Gasteiger partial charge on any atom is 0.220 e. The van der Waals surface area contributed by atoms with Crippen LogP contribution >= 0.6 is 15.9 Å². The van der Waals surface area contributed by atoms with Crippen LogP contribution in [0.25, 0.3) is 0 Å². The van der Waals surface area contributed by atoms with Crippen LogP contribution in [0.15, 0.2) is 18.2 Å². The van der Waals surface area contributed by atoms with Crippen molar-refractivity contribution in [2.45, 2.75) is 38.7 Å². The molecule has 1 aromatic carbocycles. The highest BCUT2D eigenvalue weighted by molar-refractivity contribution is 9.09. The maximum atomic E-state index is 11.4. The standard InChI is InChI=1S/C18H22BrNO3/c1-18(2)13-14-7-5-8-15(17(14)23-18)22-12-4-3-11-20-16(21)9-6-10-19/h5,7-8H,6,9-13H2,1-2H3,(H,20,21). The fourth-order valence-corrected chi connectivity index (χ4v) is 2.67. The van der Waals surface area contributed by atoms with Gasteiger partial charge in [-0.3, -0.25) is 4.79 Å². The minimum absolute atomic E-state index is 0.0242. The number of amides is 1. The van der Waals surface area contributed by atoms with Crippen LogP contribution in [0, 0.1) is 11.8 Å². The number of ether oxygens (including phenoxy) is 2. The molecule has 1 aromatic rings. The number of hydrogen-bond acceptors (Lipinski definition) is 3. The largest absolute Gasteiger partial charge is 0.483 e. The molecular formula is C18H22BrNO3. The van der Waals surface area contributed by atoms with E-state index in [1.165, 1.54) is 5.56 Å². The van der Waals surface area contributed by atoms with Crippen LogP contribution in [0.4, 0.5) is 0 Å². The van der Waals surface area contributed by atoms with Gasteiger partial charge < -0.3 is 14.8 Å². The molecule has 0 bridgehead atoms. The van der Waals surface area contributed by atoms with E-state index in [1.54, 1.807) is 0 Å². The average molecular weight is 380 g/mol. The molecule has 1 N–H and O–H groups in total. The van der Waals surface area contributed by atoms with Crippen LogP contribution in [-0.2, 0) is 11.2 Å². The van der Waals surface area contributed by atoms with Crippen molar-refractivity contribution >= 4 is 21.8 Å². The summed E-state index contributed by atoms with van der Waals surface area (Å²) < 4.78 is 11.6. The van der Waals surface area contributed by atoms with Crippen LogP contribution in [-0.4, -0.2) is 30.0 Å². The van der Waals surface area contributed by atoms with Crippen LogP contribution in [0.2, 0.25) is 0 Å². The van der Waals surface area contributed by atoms with E-state index in [-0.39, 0.29) is 18.1 Å². The third-order valence-corrected chi connectivity index (χ3v) is 3.95. The van der Waals surface area contributed by atoms with E-state index in [0.29, 0.717) is 13.0 Å². The summed E-state index contributed by atoms with van der Waals surface area (Å²) in [4.78, 5) is 11.4. The lowest BCUT2D eigenvalue weighted by Crippen LogP contribution is -2.24. The molecule has 0 spiro atoms. The second-order valence-corrected chi connectivity index (χ2v) is 6.79. The lowest BCUT2D eigenvalue weighted by Gasteiger charge is -2.17. The molecule has 23 heavy (non-hydrogen) atoms. The summed E-state index contributed by atoms with van der Waals surface area (Å²) in [6, 6.07) is 5.92. The van der Waals surface area contributed by atoms with Gasteiger partial charge in [-0.25, -0.2) is 0 Å². The second-order valence-electron chi connectivity index (χ2n) is 5.99. The SMILES string of the molecule is CC1(C)Cc2cccc(OCC#CCNC(=O)CCCBr)c2O1. The molecule has 1 aliphatic heterocycles. The van der Waals surface area contributed by atoms with Crippen molar-refractivity contribution in [1.82, 2.24) is 5.32 Å². The lowest BCUT2D eigenvalue weighted by molar-refractivity contribution is -0.120. The first-order valence-electron chi connectivity index (χ1n) is 7.74. The molecule has 1 amide bonds. The topological polar surface area (TPSA) is 47.6 Å². The molecule has 2 rings (SSSR count). The predicted molar refractivity (Wildman–Crippen MR) is 94.2 cm³/mol. The molecular weight excluding hydrogens is 358 g/mol. The van der Waals surface area contributed by atoms with Crippen molar-refractivity contribution < 1.29 is 14.3 Å². The molecule has 124 valence electrons. The molecule has 0 radical (unpaired) electrons. The molecule has 0 saturated heterocycles. The van der Waals surface area contributed by atoms with Gasteiger partial charge in [0.2, 0.25) is 5.91 Å². The molecule has 1 aliphatic rings. The zero-order valence-electron chi connectivity index (χ0n) is 13.6. The molecule has 1 heterocycles. The van der Waals surface area contributed by atoms with Crippen molar-refractivity contribution in [1.29, 1.82) is 0 Å². The van der Waals surface area contributed by atoms with Gasteiger partial charge in [-0.05, 0) is 26.3 Å². The quantitative estimate of drug-likeness (QED) is 0.610. The van der Waals surface area contributed by atoms with E-state index in [0.717, 1.165) is 29.7 Å². The number of para-hydroxylation sites is 1. The normalized spacial score (nSPS) is 14.2. The van der Waals surface area contributed by atoms with Gasteiger partial charge in [-0.15, -0.1) is 0 Å². The molecule has 5 heteroatoms. The summed E-state index contributed by atoms with van der Waals surface area (Å²) in [7, 11) is 0.